The summed E-state index contributed by atoms with van der Waals surface area (Å²) in [5.74, 6) is 0.830. The van der Waals surface area contributed by atoms with E-state index in [1.165, 1.54) is 0 Å². The van der Waals surface area contributed by atoms with Gasteiger partial charge in [0.1, 0.15) is 5.82 Å². The van der Waals surface area contributed by atoms with Crippen molar-refractivity contribution in [3.05, 3.63) is 66.0 Å². The Hall–Kier alpha value is -3.35. The van der Waals surface area contributed by atoms with E-state index in [0.717, 1.165) is 29.0 Å². The zero-order valence-electron chi connectivity index (χ0n) is 17.8. The van der Waals surface area contributed by atoms with E-state index in [2.05, 4.69) is 21.8 Å². The van der Waals surface area contributed by atoms with Gasteiger partial charge >= 0.3 is 6.03 Å². The number of urea groups is 1. The van der Waals surface area contributed by atoms with Gasteiger partial charge in [0, 0.05) is 40.2 Å². The van der Waals surface area contributed by atoms with Gasteiger partial charge in [-0.2, -0.15) is 0 Å². The minimum atomic E-state index is -0.193. The minimum absolute atomic E-state index is 0.0317. The molecule has 0 unspecified atom stereocenters. The first kappa shape index (κ1) is 21.4. The van der Waals surface area contributed by atoms with Crippen LogP contribution in [0.4, 0.5) is 4.79 Å². The van der Waals surface area contributed by atoms with Crippen molar-refractivity contribution in [2.75, 3.05) is 20.6 Å². The van der Waals surface area contributed by atoms with Crippen LogP contribution >= 0.6 is 0 Å². The molecule has 7 nitrogen and oxygen atoms in total. The number of aromatic nitrogens is 2. The van der Waals surface area contributed by atoms with E-state index in [1.54, 1.807) is 23.9 Å². The molecule has 3 rings (SSSR count). The van der Waals surface area contributed by atoms with Gasteiger partial charge < -0.3 is 19.7 Å². The quantitative estimate of drug-likeness (QED) is 0.623. The summed E-state index contributed by atoms with van der Waals surface area (Å²) in [7, 11) is 3.51. The normalized spacial score (nSPS) is 10.8. The number of nitrogens with one attached hydrogen (secondary N) is 1. The third-order valence-electron chi connectivity index (χ3n) is 5.08. The van der Waals surface area contributed by atoms with Crippen molar-refractivity contribution in [1.29, 1.82) is 0 Å². The van der Waals surface area contributed by atoms with Crippen molar-refractivity contribution in [1.82, 2.24) is 24.7 Å². The summed E-state index contributed by atoms with van der Waals surface area (Å²) in [5, 5.41) is 2.82. The number of fused-ring (bicyclic) bond motifs is 1. The molecule has 0 atom stereocenters. The van der Waals surface area contributed by atoms with Crippen LogP contribution in [0.2, 0.25) is 0 Å². The number of para-hydroxylation sites is 2. The van der Waals surface area contributed by atoms with Crippen LogP contribution in [-0.2, 0) is 24.4 Å². The third kappa shape index (κ3) is 5.17. The number of carbonyl (C=O) groups is 2. The monoisotopic (exact) mass is 407 g/mol. The van der Waals surface area contributed by atoms with Crippen LogP contribution in [0.5, 0.6) is 0 Å². The number of rotatable bonds is 8. The number of benzene rings is 2. The second kappa shape index (κ2) is 9.91. The van der Waals surface area contributed by atoms with E-state index < -0.39 is 0 Å². The summed E-state index contributed by atoms with van der Waals surface area (Å²) in [6.07, 6.45) is 0.244. The Morgan fingerprint density at radius 2 is 1.67 bits per heavy atom. The fourth-order valence-electron chi connectivity index (χ4n) is 3.43. The van der Waals surface area contributed by atoms with E-state index >= 15 is 0 Å². The molecule has 3 amide bonds. The van der Waals surface area contributed by atoms with Crippen LogP contribution in [0.1, 0.15) is 24.7 Å². The molecule has 3 aromatic rings. The standard InChI is InChI=1S/C23H29N5O2/c1-4-28-20-13-9-8-12-19(20)25-21(28)17-26(2)22(29)14-15-24-23(30)27(3)16-18-10-6-5-7-11-18/h5-13H,4,14-17H2,1-3H3,(H,24,30). The summed E-state index contributed by atoms with van der Waals surface area (Å²) in [4.78, 5) is 32.7. The van der Waals surface area contributed by atoms with Crippen LogP contribution in [0, 0.1) is 0 Å². The van der Waals surface area contributed by atoms with Crippen LogP contribution in [0.15, 0.2) is 54.6 Å². The zero-order valence-corrected chi connectivity index (χ0v) is 17.8. The number of carbonyl (C=O) groups excluding carboxylic acids is 2. The molecule has 0 bridgehead atoms. The average Bonchev–Trinajstić information content (AvgIpc) is 3.11. The van der Waals surface area contributed by atoms with Crippen LogP contribution in [0.3, 0.4) is 0 Å². The van der Waals surface area contributed by atoms with Gasteiger partial charge in [0.2, 0.25) is 5.91 Å². The molecule has 7 heteroatoms. The van der Waals surface area contributed by atoms with E-state index in [1.807, 2.05) is 54.6 Å². The fourth-order valence-corrected chi connectivity index (χ4v) is 3.43. The Labute approximate surface area is 177 Å². The highest BCUT2D eigenvalue weighted by Gasteiger charge is 2.16. The first-order chi connectivity index (χ1) is 14.5. The van der Waals surface area contributed by atoms with Gasteiger partial charge in [0.25, 0.3) is 0 Å². The average molecular weight is 408 g/mol. The molecule has 1 heterocycles. The van der Waals surface area contributed by atoms with Crippen LogP contribution in [0.25, 0.3) is 11.0 Å². The third-order valence-corrected chi connectivity index (χ3v) is 5.08. The number of aryl methyl sites for hydroxylation is 1. The van der Waals surface area contributed by atoms with E-state index in [9.17, 15) is 9.59 Å². The molecule has 0 fully saturated rings. The fraction of sp³-hybridized carbons (Fsp3) is 0.348. The molecule has 0 radical (unpaired) electrons. The number of imidazole rings is 1. The molecule has 0 aliphatic heterocycles. The Morgan fingerprint density at radius 3 is 2.40 bits per heavy atom. The summed E-state index contributed by atoms with van der Waals surface area (Å²) >= 11 is 0. The summed E-state index contributed by atoms with van der Waals surface area (Å²) in [6.45, 7) is 4.12. The first-order valence-corrected chi connectivity index (χ1v) is 10.2. The number of nitrogens with zero attached hydrogens (tertiary/aromatic N) is 4. The van der Waals surface area contributed by atoms with Gasteiger partial charge in [-0.15, -0.1) is 0 Å². The van der Waals surface area contributed by atoms with Gasteiger partial charge in [-0.1, -0.05) is 42.5 Å². The van der Waals surface area contributed by atoms with Gasteiger partial charge in [-0.25, -0.2) is 9.78 Å². The topological polar surface area (TPSA) is 70.5 Å². The molecule has 0 aliphatic carbocycles. The maximum absolute atomic E-state index is 12.5. The molecule has 2 aromatic carbocycles. The van der Waals surface area contributed by atoms with Crippen molar-refractivity contribution < 1.29 is 9.59 Å². The van der Waals surface area contributed by atoms with Gasteiger partial charge in [0.15, 0.2) is 0 Å². The van der Waals surface area contributed by atoms with Gasteiger partial charge in [-0.3, -0.25) is 4.79 Å². The van der Waals surface area contributed by atoms with Gasteiger partial charge in [-0.05, 0) is 24.6 Å². The summed E-state index contributed by atoms with van der Waals surface area (Å²) < 4.78 is 2.12. The molecule has 0 saturated carbocycles. The highest BCUT2D eigenvalue weighted by molar-refractivity contribution is 5.79. The smallest absolute Gasteiger partial charge is 0.317 e. The molecule has 1 aromatic heterocycles. The lowest BCUT2D eigenvalue weighted by molar-refractivity contribution is -0.130. The SMILES string of the molecule is CCn1c(CN(C)C(=O)CCNC(=O)N(C)Cc2ccccc2)nc2ccccc21. The summed E-state index contributed by atoms with van der Waals surface area (Å²) in [6, 6.07) is 17.6. The van der Waals surface area contributed by atoms with E-state index in [-0.39, 0.29) is 18.4 Å². The predicted octanol–water partition coefficient (Wildman–Crippen LogP) is 3.25. The lowest BCUT2D eigenvalue weighted by atomic mass is 10.2. The molecule has 1 N–H and O–H groups in total. The largest absolute Gasteiger partial charge is 0.338 e. The highest BCUT2D eigenvalue weighted by Crippen LogP contribution is 2.17. The zero-order chi connectivity index (χ0) is 21.5. The molecular weight excluding hydrogens is 378 g/mol. The van der Waals surface area contributed by atoms with Crippen molar-refractivity contribution in [3.63, 3.8) is 0 Å². The van der Waals surface area contributed by atoms with E-state index in [0.29, 0.717) is 19.6 Å². The number of hydrogen-bond donors (Lipinski definition) is 1. The van der Waals surface area contributed by atoms with E-state index in [4.69, 9.17) is 0 Å². The Balaban J connectivity index is 1.48. The maximum atomic E-state index is 12.5. The Morgan fingerprint density at radius 1 is 0.967 bits per heavy atom. The maximum Gasteiger partial charge on any atom is 0.317 e. The molecule has 0 saturated heterocycles. The van der Waals surface area contributed by atoms with Crippen molar-refractivity contribution in [2.45, 2.75) is 33.0 Å². The second-order valence-electron chi connectivity index (χ2n) is 7.33. The Bertz CT molecular complexity index is 999. The van der Waals surface area contributed by atoms with Crippen molar-refractivity contribution in [2.24, 2.45) is 0 Å². The molecular formula is C23H29N5O2. The minimum Gasteiger partial charge on any atom is -0.338 e. The first-order valence-electron chi connectivity index (χ1n) is 10.2. The predicted molar refractivity (Wildman–Crippen MR) is 118 cm³/mol. The molecule has 0 aliphatic rings. The number of amides is 3. The lowest BCUT2D eigenvalue weighted by Crippen LogP contribution is -2.39. The molecule has 30 heavy (non-hydrogen) atoms. The molecule has 0 spiro atoms. The van der Waals surface area contributed by atoms with Crippen molar-refractivity contribution >= 4 is 23.0 Å². The second-order valence-corrected chi connectivity index (χ2v) is 7.33. The molecule has 158 valence electrons. The van der Waals surface area contributed by atoms with Crippen LogP contribution < -0.4 is 5.32 Å². The van der Waals surface area contributed by atoms with Crippen LogP contribution in [-0.4, -0.2) is 51.9 Å². The van der Waals surface area contributed by atoms with Crippen molar-refractivity contribution in [3.8, 4) is 0 Å². The number of hydrogen-bond acceptors (Lipinski definition) is 3. The Kier molecular flexibility index (Phi) is 7.06. The summed E-state index contributed by atoms with van der Waals surface area (Å²) in [5.41, 5.74) is 3.07. The van der Waals surface area contributed by atoms with Gasteiger partial charge in [0.05, 0.1) is 17.6 Å². The lowest BCUT2D eigenvalue weighted by Gasteiger charge is -2.20. The highest BCUT2D eigenvalue weighted by atomic mass is 16.2.